The number of methoxy groups -OCH3 is 1. The van der Waals surface area contributed by atoms with Crippen molar-refractivity contribution in [2.75, 3.05) is 37.5 Å². The van der Waals surface area contributed by atoms with E-state index in [1.54, 1.807) is 23.9 Å². The lowest BCUT2D eigenvalue weighted by Gasteiger charge is -2.31. The number of anilines is 1. The third-order valence-electron chi connectivity index (χ3n) is 8.22. The van der Waals surface area contributed by atoms with Gasteiger partial charge in [-0.1, -0.05) is 78.9 Å². The molecule has 1 heterocycles. The molecule has 0 saturated carbocycles. The molecule has 1 aliphatic heterocycles. The lowest BCUT2D eigenvalue weighted by molar-refractivity contribution is -0.118. The molecule has 0 spiro atoms. The number of thioether (sulfide) groups is 1. The molecule has 9 nitrogen and oxygen atoms in total. The van der Waals surface area contributed by atoms with Crippen LogP contribution in [0.5, 0.6) is 0 Å². The fourth-order valence-corrected chi connectivity index (χ4v) is 7.32. The molecule has 1 aliphatic rings. The first kappa shape index (κ1) is 35.2. The predicted molar refractivity (Wildman–Crippen MR) is 189 cm³/mol. The van der Waals surface area contributed by atoms with Crippen molar-refractivity contribution >= 4 is 39.3 Å². The Hall–Kier alpha value is -4.16. The third kappa shape index (κ3) is 9.70. The van der Waals surface area contributed by atoms with Crippen molar-refractivity contribution in [3.8, 4) is 0 Å². The lowest BCUT2D eigenvalue weighted by atomic mass is 9.84. The van der Waals surface area contributed by atoms with E-state index in [1.807, 2.05) is 97.1 Å². The van der Waals surface area contributed by atoms with Gasteiger partial charge in [0.1, 0.15) is 6.04 Å². The Morgan fingerprint density at radius 3 is 2.10 bits per heavy atom. The van der Waals surface area contributed by atoms with E-state index < -0.39 is 27.9 Å². The molecule has 0 aromatic heterocycles. The fourth-order valence-electron chi connectivity index (χ4n) is 5.79. The fraction of sp³-hybridized carbons (Fsp3) is 0.297. The minimum atomic E-state index is -3.23. The number of aryl methyl sites for hydroxylation is 1. The minimum Gasteiger partial charge on any atom is -0.453 e. The van der Waals surface area contributed by atoms with Crippen LogP contribution in [0.1, 0.15) is 29.0 Å². The smallest absolute Gasteiger partial charge is 0.407 e. The van der Waals surface area contributed by atoms with Gasteiger partial charge in [-0.15, -0.1) is 11.8 Å². The average molecular weight is 688 g/mol. The van der Waals surface area contributed by atoms with Crippen LogP contribution < -0.4 is 16.0 Å². The van der Waals surface area contributed by atoms with Crippen molar-refractivity contribution in [2.45, 2.75) is 46.8 Å². The molecule has 0 bridgehead atoms. The number of benzene rings is 4. The number of carbonyl (C=O) groups is 2. The van der Waals surface area contributed by atoms with Gasteiger partial charge in [0.15, 0.2) is 9.84 Å². The lowest BCUT2D eigenvalue weighted by Crippen LogP contribution is -2.48. The molecule has 1 saturated heterocycles. The number of ether oxygens (including phenoxy) is 2. The summed E-state index contributed by atoms with van der Waals surface area (Å²) in [4.78, 5) is 27.9. The normalized spacial score (nSPS) is 17.0. The van der Waals surface area contributed by atoms with Gasteiger partial charge >= 0.3 is 6.09 Å². The second-order valence-electron chi connectivity index (χ2n) is 11.7. The van der Waals surface area contributed by atoms with E-state index in [2.05, 4.69) is 16.0 Å². The summed E-state index contributed by atoms with van der Waals surface area (Å²) in [6.45, 7) is 1.45. The number of nitrogens with one attached hydrogen (secondary N) is 3. The van der Waals surface area contributed by atoms with Crippen LogP contribution in [0.3, 0.4) is 0 Å². The second-order valence-corrected chi connectivity index (χ2v) is 14.8. The Bertz CT molecular complexity index is 1720. The van der Waals surface area contributed by atoms with E-state index in [0.29, 0.717) is 17.0 Å². The Balaban J connectivity index is 1.25. The van der Waals surface area contributed by atoms with Gasteiger partial charge in [-0.05, 0) is 59.9 Å². The average Bonchev–Trinajstić information content (AvgIpc) is 3.11. The number of morpholine rings is 1. The molecular weight excluding hydrogens is 647 g/mol. The first-order valence-electron chi connectivity index (χ1n) is 15.8. The van der Waals surface area contributed by atoms with Crippen molar-refractivity contribution in [1.29, 1.82) is 0 Å². The number of alkyl carbamates (subject to hydrolysis) is 1. The molecule has 5 rings (SSSR count). The molecule has 11 heteroatoms. The van der Waals surface area contributed by atoms with Gasteiger partial charge in [0.25, 0.3) is 0 Å². The monoisotopic (exact) mass is 687 g/mol. The van der Waals surface area contributed by atoms with Gasteiger partial charge in [0.2, 0.25) is 5.91 Å². The third-order valence-corrected chi connectivity index (χ3v) is 10.5. The minimum absolute atomic E-state index is 0.00339. The maximum Gasteiger partial charge on any atom is 0.407 e. The number of hydrogen-bond donors (Lipinski definition) is 3. The van der Waals surface area contributed by atoms with Crippen LogP contribution >= 0.6 is 11.8 Å². The van der Waals surface area contributed by atoms with Crippen molar-refractivity contribution in [2.24, 2.45) is 0 Å². The van der Waals surface area contributed by atoms with Gasteiger partial charge < -0.3 is 25.4 Å². The summed E-state index contributed by atoms with van der Waals surface area (Å²) in [5.74, 6) is -0.0944. The topological polar surface area (TPSA) is 123 Å². The zero-order chi connectivity index (χ0) is 33.9. The van der Waals surface area contributed by atoms with Gasteiger partial charge in [-0.25, -0.2) is 13.2 Å². The van der Waals surface area contributed by atoms with Gasteiger partial charge in [-0.2, -0.15) is 0 Å². The van der Waals surface area contributed by atoms with Crippen LogP contribution in [0, 0.1) is 0 Å². The van der Waals surface area contributed by atoms with Crippen LogP contribution in [-0.2, 0) is 30.5 Å². The summed E-state index contributed by atoms with van der Waals surface area (Å²) in [7, 11) is -1.95. The summed E-state index contributed by atoms with van der Waals surface area (Å²) in [5, 5.41) is 9.37. The summed E-state index contributed by atoms with van der Waals surface area (Å²) in [5.41, 5.74) is 3.40. The summed E-state index contributed by atoms with van der Waals surface area (Å²) >= 11 is 1.63. The maximum absolute atomic E-state index is 14.1. The van der Waals surface area contributed by atoms with Crippen LogP contribution in [0.2, 0.25) is 0 Å². The SMILES string of the molecule is COC(=O)N[C@H](C(=O)Nc1ccccc1CC[C@@H]1CNC[C@@H](CSc2ccc(S(C)(=O)=O)cc2)O1)C(c1ccccc1)c1ccccc1. The molecule has 4 aromatic rings. The first-order valence-corrected chi connectivity index (χ1v) is 18.7. The molecule has 1 fully saturated rings. The summed E-state index contributed by atoms with van der Waals surface area (Å²) in [6.07, 6.45) is 1.90. The molecule has 252 valence electrons. The highest BCUT2D eigenvalue weighted by Crippen LogP contribution is 2.30. The van der Waals surface area contributed by atoms with Gasteiger partial charge in [-0.3, -0.25) is 4.79 Å². The highest BCUT2D eigenvalue weighted by Gasteiger charge is 2.33. The second kappa shape index (κ2) is 16.8. The number of carbonyl (C=O) groups excluding carboxylic acids is 2. The summed E-state index contributed by atoms with van der Waals surface area (Å²) in [6, 6.07) is 32.9. The molecule has 4 aromatic carbocycles. The molecule has 2 amide bonds. The van der Waals surface area contributed by atoms with E-state index in [4.69, 9.17) is 9.47 Å². The number of para-hydroxylation sites is 1. The van der Waals surface area contributed by atoms with E-state index in [-0.39, 0.29) is 18.1 Å². The molecule has 0 unspecified atom stereocenters. The van der Waals surface area contributed by atoms with Crippen LogP contribution in [0.4, 0.5) is 10.5 Å². The Morgan fingerprint density at radius 2 is 1.48 bits per heavy atom. The van der Waals surface area contributed by atoms with Crippen molar-refractivity contribution < 1.29 is 27.5 Å². The zero-order valence-corrected chi connectivity index (χ0v) is 28.6. The number of amides is 2. The molecule has 3 atom stereocenters. The van der Waals surface area contributed by atoms with Crippen LogP contribution in [0.15, 0.2) is 119 Å². The standard InChI is InChI=1S/C37H41N3O6S2/c1-45-37(42)40-35(34(27-12-5-3-6-13-27)28-14-7-4-8-15-28)36(41)39-33-16-10-9-11-26(33)17-18-29-23-38-24-30(46-29)25-47-31-19-21-32(22-20-31)48(2,43)44/h3-16,19-22,29-30,34-35,38H,17-18,23-25H2,1-2H3,(H,39,41)(H,40,42)/t29-,30+,35+/m1/s1. The van der Waals surface area contributed by atoms with Crippen molar-refractivity contribution in [3.63, 3.8) is 0 Å². The number of rotatable bonds is 13. The van der Waals surface area contributed by atoms with Crippen LogP contribution in [-0.4, -0.2) is 70.9 Å². The zero-order valence-electron chi connectivity index (χ0n) is 27.0. The van der Waals surface area contributed by atoms with Crippen molar-refractivity contribution in [1.82, 2.24) is 10.6 Å². The highest BCUT2D eigenvalue weighted by atomic mass is 32.2. The summed E-state index contributed by atoms with van der Waals surface area (Å²) < 4.78 is 34.9. The van der Waals surface area contributed by atoms with Crippen LogP contribution in [0.25, 0.3) is 0 Å². The van der Waals surface area contributed by atoms with Gasteiger partial charge in [0.05, 0.1) is 24.2 Å². The Kier molecular flexibility index (Phi) is 12.3. The maximum atomic E-state index is 14.1. The molecule has 0 aliphatic carbocycles. The van der Waals surface area contributed by atoms with Gasteiger partial charge in [0, 0.05) is 41.6 Å². The van der Waals surface area contributed by atoms with E-state index in [9.17, 15) is 18.0 Å². The van der Waals surface area contributed by atoms with E-state index >= 15 is 0 Å². The van der Waals surface area contributed by atoms with E-state index in [0.717, 1.165) is 46.8 Å². The Morgan fingerprint density at radius 1 is 0.875 bits per heavy atom. The number of sulfone groups is 1. The van der Waals surface area contributed by atoms with Crippen molar-refractivity contribution in [3.05, 3.63) is 126 Å². The van der Waals surface area contributed by atoms with E-state index in [1.165, 1.54) is 13.4 Å². The number of hydrogen-bond acceptors (Lipinski definition) is 8. The Labute approximate surface area is 286 Å². The molecule has 3 N–H and O–H groups in total. The molecular formula is C37H41N3O6S2. The first-order chi connectivity index (χ1) is 23.2. The largest absolute Gasteiger partial charge is 0.453 e. The highest BCUT2D eigenvalue weighted by molar-refractivity contribution is 7.99. The molecule has 0 radical (unpaired) electrons. The predicted octanol–water partition coefficient (Wildman–Crippen LogP) is 5.67. The quantitative estimate of drug-likeness (QED) is 0.154. The molecule has 48 heavy (non-hydrogen) atoms.